The Morgan fingerprint density at radius 2 is 1.69 bits per heavy atom. The molecule has 0 aliphatic carbocycles. The molecular weight excluding hydrogens is 476 g/mol. The fourth-order valence-corrected chi connectivity index (χ4v) is 3.78. The van der Waals surface area contributed by atoms with Crippen LogP contribution in [0, 0.1) is 5.92 Å². The van der Waals surface area contributed by atoms with Crippen LogP contribution < -0.4 is 10.2 Å². The average Bonchev–Trinajstić information content (AvgIpc) is 2.82. The zero-order valence-corrected chi connectivity index (χ0v) is 19.6. The highest BCUT2D eigenvalue weighted by Gasteiger charge is 2.46. The van der Waals surface area contributed by atoms with E-state index in [1.165, 1.54) is 37.3 Å². The minimum Gasteiger partial charge on any atom is -0.508 e. The first-order valence-electron chi connectivity index (χ1n) is 11.2. The molecule has 1 aliphatic heterocycles. The number of phenols is 2. The van der Waals surface area contributed by atoms with Crippen molar-refractivity contribution in [2.45, 2.75) is 51.5 Å². The fourth-order valence-electron chi connectivity index (χ4n) is 3.78. The lowest BCUT2D eigenvalue weighted by Gasteiger charge is -2.40. The summed E-state index contributed by atoms with van der Waals surface area (Å²) in [6.07, 6.45) is -6.53. The molecule has 192 valence electrons. The maximum Gasteiger partial charge on any atom is 0.308 e. The Kier molecular flexibility index (Phi) is 6.81. The summed E-state index contributed by atoms with van der Waals surface area (Å²) in [7, 11) is 0. The standard InChI is InChI=1S/C25H26O11/c1-10(2)24(32)36-23-18(28)11(3)33-25(21(23)31)34-14-8-15(27)17-16(9-14)35-22(20(30)19(17)29)12-4-6-13(26)7-5-12/h4-11,18,21,23,25-28,30-31H,1-3H3/t11-,18-,21+,23+,25-/m0/s1. The quantitative estimate of drug-likeness (QED) is 0.323. The van der Waals surface area contributed by atoms with E-state index in [9.17, 15) is 35.1 Å². The van der Waals surface area contributed by atoms with Crippen molar-refractivity contribution < 1.29 is 49.0 Å². The lowest BCUT2D eigenvalue weighted by molar-refractivity contribution is -0.273. The lowest BCUT2D eigenvalue weighted by Crippen LogP contribution is -2.59. The number of benzene rings is 2. The number of aromatic hydroxyl groups is 3. The van der Waals surface area contributed by atoms with Crippen LogP contribution in [0.15, 0.2) is 45.6 Å². The molecule has 36 heavy (non-hydrogen) atoms. The highest BCUT2D eigenvalue weighted by atomic mass is 16.7. The molecule has 1 saturated heterocycles. The van der Waals surface area contributed by atoms with Gasteiger partial charge in [0.15, 0.2) is 18.0 Å². The largest absolute Gasteiger partial charge is 0.508 e. The number of esters is 1. The van der Waals surface area contributed by atoms with Gasteiger partial charge < -0.3 is 44.2 Å². The number of aliphatic hydroxyl groups excluding tert-OH is 2. The van der Waals surface area contributed by atoms with Crippen molar-refractivity contribution in [3.63, 3.8) is 0 Å². The number of ether oxygens (including phenoxy) is 3. The molecule has 3 aromatic rings. The van der Waals surface area contributed by atoms with Crippen LogP contribution in [0.5, 0.6) is 23.0 Å². The van der Waals surface area contributed by atoms with Crippen LogP contribution in [-0.2, 0) is 14.3 Å². The van der Waals surface area contributed by atoms with E-state index in [4.69, 9.17) is 18.6 Å². The summed E-state index contributed by atoms with van der Waals surface area (Å²) in [5.74, 6) is -2.73. The lowest BCUT2D eigenvalue weighted by atomic mass is 9.99. The van der Waals surface area contributed by atoms with E-state index in [0.29, 0.717) is 5.56 Å². The van der Waals surface area contributed by atoms with Crippen LogP contribution in [0.2, 0.25) is 0 Å². The van der Waals surface area contributed by atoms with Gasteiger partial charge in [-0.15, -0.1) is 0 Å². The van der Waals surface area contributed by atoms with Gasteiger partial charge in [-0.25, -0.2) is 0 Å². The maximum atomic E-state index is 12.7. The van der Waals surface area contributed by atoms with E-state index in [2.05, 4.69) is 0 Å². The van der Waals surface area contributed by atoms with Crippen molar-refractivity contribution in [1.82, 2.24) is 0 Å². The molecule has 2 aromatic carbocycles. The summed E-state index contributed by atoms with van der Waals surface area (Å²) in [6.45, 7) is 4.72. The molecule has 5 atom stereocenters. The highest BCUT2D eigenvalue weighted by Crippen LogP contribution is 2.37. The van der Waals surface area contributed by atoms with Crippen molar-refractivity contribution in [2.75, 3.05) is 0 Å². The van der Waals surface area contributed by atoms with Gasteiger partial charge >= 0.3 is 5.97 Å². The van der Waals surface area contributed by atoms with E-state index in [0.717, 1.165) is 6.07 Å². The van der Waals surface area contributed by atoms with E-state index in [-0.39, 0.29) is 28.2 Å². The van der Waals surface area contributed by atoms with Crippen molar-refractivity contribution in [2.24, 2.45) is 5.92 Å². The van der Waals surface area contributed by atoms with Crippen LogP contribution in [0.3, 0.4) is 0 Å². The monoisotopic (exact) mass is 502 g/mol. The maximum absolute atomic E-state index is 12.7. The number of phenolic OH excluding ortho intramolecular Hbond substituents is 2. The van der Waals surface area contributed by atoms with Gasteiger partial charge in [-0.1, -0.05) is 13.8 Å². The summed E-state index contributed by atoms with van der Waals surface area (Å²) in [4.78, 5) is 24.8. The summed E-state index contributed by atoms with van der Waals surface area (Å²) in [5, 5.41) is 51.1. The molecule has 0 radical (unpaired) electrons. The molecule has 0 saturated carbocycles. The van der Waals surface area contributed by atoms with E-state index in [1.807, 2.05) is 0 Å². The molecule has 0 unspecified atom stereocenters. The van der Waals surface area contributed by atoms with Gasteiger partial charge in [0.1, 0.15) is 34.3 Å². The van der Waals surface area contributed by atoms with Gasteiger partial charge in [-0.2, -0.15) is 0 Å². The van der Waals surface area contributed by atoms with Crippen LogP contribution in [0.1, 0.15) is 20.8 Å². The predicted octanol–water partition coefficient (Wildman–Crippen LogP) is 1.99. The molecule has 0 spiro atoms. The molecular formula is C25H26O11. The highest BCUT2D eigenvalue weighted by molar-refractivity contribution is 5.88. The van der Waals surface area contributed by atoms with Gasteiger partial charge in [-0.05, 0) is 31.2 Å². The number of fused-ring (bicyclic) bond motifs is 1. The third-order valence-electron chi connectivity index (χ3n) is 5.81. The Bertz CT molecular complexity index is 1330. The van der Waals surface area contributed by atoms with Crippen molar-refractivity contribution in [1.29, 1.82) is 0 Å². The van der Waals surface area contributed by atoms with Gasteiger partial charge in [0, 0.05) is 17.7 Å². The summed E-state index contributed by atoms with van der Waals surface area (Å²) >= 11 is 0. The van der Waals surface area contributed by atoms with Crippen LogP contribution in [0.25, 0.3) is 22.3 Å². The molecule has 1 aliphatic rings. The first kappa shape index (κ1) is 25.3. The summed E-state index contributed by atoms with van der Waals surface area (Å²) in [5.41, 5.74) is -0.745. The molecule has 1 aromatic heterocycles. The van der Waals surface area contributed by atoms with Gasteiger partial charge in [0.2, 0.25) is 17.5 Å². The molecule has 11 nitrogen and oxygen atoms in total. The second-order valence-electron chi connectivity index (χ2n) is 8.84. The zero-order valence-electron chi connectivity index (χ0n) is 19.6. The number of hydrogen-bond donors (Lipinski definition) is 5. The van der Waals surface area contributed by atoms with Crippen molar-refractivity contribution in [3.8, 4) is 34.3 Å². The Morgan fingerprint density at radius 1 is 1.03 bits per heavy atom. The van der Waals surface area contributed by atoms with Gasteiger partial charge in [0.05, 0.1) is 12.0 Å². The number of hydrogen-bond acceptors (Lipinski definition) is 11. The first-order chi connectivity index (χ1) is 17.0. The molecule has 2 heterocycles. The first-order valence-corrected chi connectivity index (χ1v) is 11.2. The molecule has 5 N–H and O–H groups in total. The average molecular weight is 502 g/mol. The van der Waals surface area contributed by atoms with Crippen LogP contribution >= 0.6 is 0 Å². The van der Waals surface area contributed by atoms with E-state index >= 15 is 0 Å². The van der Waals surface area contributed by atoms with E-state index < -0.39 is 59.5 Å². The number of rotatable bonds is 5. The Labute approximate surface area is 204 Å². The van der Waals surface area contributed by atoms with Crippen LogP contribution in [0.4, 0.5) is 0 Å². The SMILES string of the molecule is CC(C)C(=O)O[C@@H]1[C@@H](O)[C@H](C)O[C@@H](Oc2cc(O)c3c(=O)c(O)c(-c4ccc(O)cc4)oc3c2)[C@@H]1O. The zero-order chi connectivity index (χ0) is 26.3. The minimum atomic E-state index is -1.59. The van der Waals surface area contributed by atoms with Gasteiger partial charge in [-0.3, -0.25) is 9.59 Å². The Morgan fingerprint density at radius 3 is 2.33 bits per heavy atom. The molecule has 0 bridgehead atoms. The number of carbonyl (C=O) groups excluding carboxylic acids is 1. The topological polar surface area (TPSA) is 176 Å². The van der Waals surface area contributed by atoms with E-state index in [1.54, 1.807) is 13.8 Å². The second-order valence-corrected chi connectivity index (χ2v) is 8.84. The number of aliphatic hydroxyl groups is 2. The van der Waals surface area contributed by atoms with Gasteiger partial charge in [0.25, 0.3) is 0 Å². The summed E-state index contributed by atoms with van der Waals surface area (Å²) in [6, 6.07) is 7.86. The Balaban J connectivity index is 1.69. The van der Waals surface area contributed by atoms with Crippen LogP contribution in [-0.4, -0.2) is 62.2 Å². The molecule has 1 fully saturated rings. The predicted molar refractivity (Wildman–Crippen MR) is 125 cm³/mol. The second kappa shape index (κ2) is 9.69. The third-order valence-corrected chi connectivity index (χ3v) is 5.81. The normalized spacial score (nSPS) is 24.1. The van der Waals surface area contributed by atoms with Crippen molar-refractivity contribution in [3.05, 3.63) is 46.6 Å². The third kappa shape index (κ3) is 4.68. The molecule has 0 amide bonds. The minimum absolute atomic E-state index is 0.0301. The summed E-state index contributed by atoms with van der Waals surface area (Å²) < 4.78 is 22.2. The van der Waals surface area contributed by atoms with Crippen molar-refractivity contribution >= 4 is 16.9 Å². The number of carbonyl (C=O) groups is 1. The fraction of sp³-hybridized carbons (Fsp3) is 0.360. The Hall–Kier alpha value is -3.80. The molecule has 11 heteroatoms. The smallest absolute Gasteiger partial charge is 0.308 e. The molecule has 4 rings (SSSR count).